The van der Waals surface area contributed by atoms with E-state index in [0.717, 1.165) is 12.1 Å². The molecule has 132 valence electrons. The minimum Gasteiger partial charge on any atom is -0.481 e. The molecule has 1 N–H and O–H groups in total. The average molecular weight is 350 g/mol. The minimum absolute atomic E-state index is 0.0260. The zero-order valence-corrected chi connectivity index (χ0v) is 13.6. The number of nitrogens with zero attached hydrogens (tertiary/aromatic N) is 1. The summed E-state index contributed by atoms with van der Waals surface area (Å²) in [6.07, 6.45) is 1.54. The number of pyridine rings is 1. The van der Waals surface area contributed by atoms with Crippen molar-refractivity contribution in [3.05, 3.63) is 59.3 Å². The van der Waals surface area contributed by atoms with Crippen LogP contribution in [0.25, 0.3) is 0 Å². The topological polar surface area (TPSA) is 77.5 Å². The van der Waals surface area contributed by atoms with Crippen LogP contribution in [-0.2, 0) is 16.0 Å². The van der Waals surface area contributed by atoms with Crippen molar-refractivity contribution < 1.29 is 27.8 Å². The standard InChI is InChI=1S/C17H16F2N2O4/c1-24-16-10(4-3-7-20-16)8-14(17(23)25-2)21-15(22)12-6-5-11(18)9-13(12)19/h3-7,9,14H,8H2,1-2H3,(H,21,22)/t14-/m0/s1. The lowest BCUT2D eigenvalue weighted by molar-refractivity contribution is -0.142. The largest absolute Gasteiger partial charge is 0.481 e. The number of nitrogens with one attached hydrogen (secondary N) is 1. The molecule has 0 aliphatic rings. The van der Waals surface area contributed by atoms with Gasteiger partial charge in [-0.3, -0.25) is 4.79 Å². The van der Waals surface area contributed by atoms with Crippen LogP contribution in [0.3, 0.4) is 0 Å². The third-order valence-electron chi connectivity index (χ3n) is 3.43. The number of carbonyl (C=O) groups excluding carboxylic acids is 2. The van der Waals surface area contributed by atoms with E-state index in [2.05, 4.69) is 15.0 Å². The Morgan fingerprint density at radius 2 is 2.00 bits per heavy atom. The summed E-state index contributed by atoms with van der Waals surface area (Å²) in [6, 6.07) is 4.76. The molecule has 1 atom stereocenters. The van der Waals surface area contributed by atoms with Crippen molar-refractivity contribution in [3.8, 4) is 5.88 Å². The summed E-state index contributed by atoms with van der Waals surface area (Å²) in [6.45, 7) is 0. The molecular formula is C17H16F2N2O4. The number of aromatic nitrogens is 1. The number of amides is 1. The lowest BCUT2D eigenvalue weighted by Crippen LogP contribution is -2.43. The first kappa shape index (κ1) is 18.3. The summed E-state index contributed by atoms with van der Waals surface area (Å²) in [5, 5.41) is 2.38. The van der Waals surface area contributed by atoms with Crippen LogP contribution in [0, 0.1) is 11.6 Å². The van der Waals surface area contributed by atoms with Gasteiger partial charge in [0.2, 0.25) is 5.88 Å². The Hall–Kier alpha value is -3.03. The first-order valence-electron chi connectivity index (χ1n) is 7.28. The molecular weight excluding hydrogens is 334 g/mol. The molecule has 6 nitrogen and oxygen atoms in total. The number of rotatable bonds is 6. The maximum Gasteiger partial charge on any atom is 0.328 e. The highest BCUT2D eigenvalue weighted by molar-refractivity contribution is 5.97. The number of ether oxygens (including phenoxy) is 2. The van der Waals surface area contributed by atoms with Gasteiger partial charge in [0.1, 0.15) is 17.7 Å². The van der Waals surface area contributed by atoms with Crippen LogP contribution in [0.5, 0.6) is 5.88 Å². The van der Waals surface area contributed by atoms with Crippen LogP contribution in [0.4, 0.5) is 8.78 Å². The fourth-order valence-electron chi connectivity index (χ4n) is 2.23. The Morgan fingerprint density at radius 1 is 1.24 bits per heavy atom. The molecule has 0 spiro atoms. The van der Waals surface area contributed by atoms with Crippen molar-refractivity contribution >= 4 is 11.9 Å². The van der Waals surface area contributed by atoms with Crippen LogP contribution < -0.4 is 10.1 Å². The van der Waals surface area contributed by atoms with Gasteiger partial charge in [0, 0.05) is 24.2 Å². The van der Waals surface area contributed by atoms with E-state index in [1.807, 2.05) is 0 Å². The third kappa shape index (κ3) is 4.50. The summed E-state index contributed by atoms with van der Waals surface area (Å²) < 4.78 is 36.5. The van der Waals surface area contributed by atoms with Crippen LogP contribution in [0.15, 0.2) is 36.5 Å². The van der Waals surface area contributed by atoms with Gasteiger partial charge in [-0.1, -0.05) is 6.07 Å². The lowest BCUT2D eigenvalue weighted by Gasteiger charge is -2.17. The van der Waals surface area contributed by atoms with Crippen LogP contribution in [0.2, 0.25) is 0 Å². The zero-order chi connectivity index (χ0) is 18.4. The Kier molecular flexibility index (Phi) is 5.99. The van der Waals surface area contributed by atoms with E-state index in [-0.39, 0.29) is 12.0 Å². The Morgan fingerprint density at radius 3 is 2.64 bits per heavy atom. The highest BCUT2D eigenvalue weighted by atomic mass is 19.1. The summed E-state index contributed by atoms with van der Waals surface area (Å²) in [7, 11) is 2.59. The molecule has 0 saturated heterocycles. The fourth-order valence-corrected chi connectivity index (χ4v) is 2.23. The second-order valence-corrected chi connectivity index (χ2v) is 5.05. The smallest absolute Gasteiger partial charge is 0.328 e. The molecule has 0 fully saturated rings. The van der Waals surface area contributed by atoms with Gasteiger partial charge in [-0.2, -0.15) is 0 Å². The Labute approximate surface area is 142 Å². The summed E-state index contributed by atoms with van der Waals surface area (Å²) in [5.41, 5.74) is 0.175. The van der Waals surface area contributed by atoms with Gasteiger partial charge in [0.25, 0.3) is 5.91 Å². The van der Waals surface area contributed by atoms with E-state index >= 15 is 0 Å². The number of carbonyl (C=O) groups is 2. The molecule has 0 unspecified atom stereocenters. The van der Waals surface area contributed by atoms with E-state index in [1.165, 1.54) is 20.4 Å². The van der Waals surface area contributed by atoms with E-state index in [0.29, 0.717) is 17.5 Å². The van der Waals surface area contributed by atoms with Crippen molar-refractivity contribution in [1.82, 2.24) is 10.3 Å². The van der Waals surface area contributed by atoms with Gasteiger partial charge in [-0.05, 0) is 18.2 Å². The molecule has 8 heteroatoms. The van der Waals surface area contributed by atoms with Gasteiger partial charge in [-0.15, -0.1) is 0 Å². The maximum absolute atomic E-state index is 13.7. The quantitative estimate of drug-likeness (QED) is 0.805. The van der Waals surface area contributed by atoms with Gasteiger partial charge in [-0.25, -0.2) is 18.6 Å². The SMILES string of the molecule is COC(=O)[C@H](Cc1cccnc1OC)NC(=O)c1ccc(F)cc1F. The van der Waals surface area contributed by atoms with Crippen LogP contribution >= 0.6 is 0 Å². The highest BCUT2D eigenvalue weighted by Crippen LogP contribution is 2.17. The number of esters is 1. The first-order valence-corrected chi connectivity index (χ1v) is 7.28. The highest BCUT2D eigenvalue weighted by Gasteiger charge is 2.25. The average Bonchev–Trinajstić information content (AvgIpc) is 2.60. The molecule has 0 bridgehead atoms. The zero-order valence-electron chi connectivity index (χ0n) is 13.6. The summed E-state index contributed by atoms with van der Waals surface area (Å²) in [5.74, 6) is -3.13. The molecule has 2 aromatic rings. The Bertz CT molecular complexity index is 783. The fraction of sp³-hybridized carbons (Fsp3) is 0.235. The van der Waals surface area contributed by atoms with Gasteiger partial charge >= 0.3 is 5.97 Å². The van der Waals surface area contributed by atoms with Gasteiger partial charge in [0.05, 0.1) is 19.8 Å². The maximum atomic E-state index is 13.7. The number of methoxy groups -OCH3 is 2. The van der Waals surface area contributed by atoms with Crippen molar-refractivity contribution in [2.24, 2.45) is 0 Å². The molecule has 0 aliphatic heterocycles. The minimum atomic E-state index is -1.10. The van der Waals surface area contributed by atoms with Crippen molar-refractivity contribution in [2.75, 3.05) is 14.2 Å². The number of halogens is 2. The summed E-state index contributed by atoms with van der Waals surface area (Å²) >= 11 is 0. The molecule has 2 rings (SSSR count). The summed E-state index contributed by atoms with van der Waals surface area (Å²) in [4.78, 5) is 28.2. The van der Waals surface area contributed by atoms with E-state index < -0.39 is 29.6 Å². The second kappa shape index (κ2) is 8.18. The Balaban J connectivity index is 2.23. The first-order chi connectivity index (χ1) is 12.0. The molecule has 0 saturated carbocycles. The molecule has 0 aliphatic carbocycles. The number of benzene rings is 1. The van der Waals surface area contributed by atoms with Gasteiger partial charge < -0.3 is 14.8 Å². The van der Waals surface area contributed by atoms with E-state index in [9.17, 15) is 18.4 Å². The molecule has 1 amide bonds. The molecule has 1 heterocycles. The predicted molar refractivity (Wildman–Crippen MR) is 84.1 cm³/mol. The second-order valence-electron chi connectivity index (χ2n) is 5.05. The normalized spacial score (nSPS) is 11.5. The third-order valence-corrected chi connectivity index (χ3v) is 3.43. The molecule has 1 aromatic heterocycles. The molecule has 0 radical (unpaired) electrons. The van der Waals surface area contributed by atoms with E-state index in [4.69, 9.17) is 4.74 Å². The van der Waals surface area contributed by atoms with Crippen molar-refractivity contribution in [3.63, 3.8) is 0 Å². The number of hydrogen-bond acceptors (Lipinski definition) is 5. The van der Waals surface area contributed by atoms with Gasteiger partial charge in [0.15, 0.2) is 0 Å². The monoisotopic (exact) mass is 350 g/mol. The van der Waals surface area contributed by atoms with Crippen molar-refractivity contribution in [2.45, 2.75) is 12.5 Å². The molecule has 1 aromatic carbocycles. The predicted octanol–water partition coefficient (Wildman–Crippen LogP) is 1.88. The van der Waals surface area contributed by atoms with Crippen LogP contribution in [-0.4, -0.2) is 37.1 Å². The van der Waals surface area contributed by atoms with E-state index in [1.54, 1.807) is 12.1 Å². The molecule has 25 heavy (non-hydrogen) atoms. The number of hydrogen-bond donors (Lipinski definition) is 1. The lowest BCUT2D eigenvalue weighted by atomic mass is 10.1. The van der Waals surface area contributed by atoms with Crippen LogP contribution in [0.1, 0.15) is 15.9 Å². The van der Waals surface area contributed by atoms with Crippen molar-refractivity contribution in [1.29, 1.82) is 0 Å².